The maximum Gasteiger partial charge on any atom is 0.266 e. The first-order valence-corrected chi connectivity index (χ1v) is 22.2. The van der Waals surface area contributed by atoms with Crippen LogP contribution in [0.4, 0.5) is 11.4 Å². The summed E-state index contributed by atoms with van der Waals surface area (Å²) in [5.74, 6) is -1.91. The van der Waals surface area contributed by atoms with Gasteiger partial charge in [0.1, 0.15) is 11.8 Å². The van der Waals surface area contributed by atoms with Crippen LogP contribution in [0.5, 0.6) is 5.75 Å². The zero-order valence-corrected chi connectivity index (χ0v) is 35.5. The first-order chi connectivity index (χ1) is 31.1. The topological polar surface area (TPSA) is 194 Å². The molecule has 16 heteroatoms. The van der Waals surface area contributed by atoms with Gasteiger partial charge in [-0.15, -0.1) is 0 Å². The number of carbonyl (C=O) groups excluding carboxylic acids is 6. The van der Waals surface area contributed by atoms with Gasteiger partial charge in [-0.05, 0) is 103 Å². The summed E-state index contributed by atoms with van der Waals surface area (Å²) in [6, 6.07) is 22.3. The second-order valence-electron chi connectivity index (χ2n) is 17.2. The van der Waals surface area contributed by atoms with Crippen molar-refractivity contribution in [3.63, 3.8) is 0 Å². The third-order valence-corrected chi connectivity index (χ3v) is 13.1. The maximum atomic E-state index is 13.4. The van der Waals surface area contributed by atoms with Gasteiger partial charge in [-0.2, -0.15) is 0 Å². The molecule has 1 unspecified atom stereocenters. The Morgan fingerprint density at radius 2 is 1.70 bits per heavy atom. The number of hydrogen-bond acceptors (Lipinski definition) is 12. The third kappa shape index (κ3) is 8.85. The number of aliphatic hydroxyl groups is 1. The van der Waals surface area contributed by atoms with Gasteiger partial charge >= 0.3 is 0 Å². The number of pyridine rings is 1. The van der Waals surface area contributed by atoms with E-state index in [9.17, 15) is 33.9 Å². The number of ether oxygens (including phenoxy) is 1. The Hall–Kier alpha value is -6.49. The summed E-state index contributed by atoms with van der Waals surface area (Å²) in [7, 11) is 0. The van der Waals surface area contributed by atoms with E-state index < -0.39 is 29.7 Å². The normalized spacial score (nSPS) is 22.2. The number of piperidine rings is 1. The fraction of sp³-hybridized carbons (Fsp3) is 0.396. The molecule has 3 fully saturated rings. The molecule has 3 aromatic carbocycles. The molecule has 6 amide bonds. The predicted molar refractivity (Wildman–Crippen MR) is 236 cm³/mol. The fourth-order valence-electron chi connectivity index (χ4n) is 9.93. The Morgan fingerprint density at radius 1 is 0.875 bits per heavy atom. The Bertz CT molecular complexity index is 2460. The fourth-order valence-corrected chi connectivity index (χ4v) is 9.93. The number of likely N-dealkylation sites (tertiary alicyclic amines) is 1. The van der Waals surface area contributed by atoms with Crippen LogP contribution in [0.15, 0.2) is 85.2 Å². The predicted octanol–water partition coefficient (Wildman–Crippen LogP) is 3.83. The van der Waals surface area contributed by atoms with Gasteiger partial charge in [-0.1, -0.05) is 24.3 Å². The number of piperazine rings is 1. The second kappa shape index (κ2) is 18.7. The van der Waals surface area contributed by atoms with Crippen LogP contribution in [-0.2, 0) is 25.7 Å². The second-order valence-corrected chi connectivity index (χ2v) is 17.2. The van der Waals surface area contributed by atoms with Gasteiger partial charge in [0.2, 0.25) is 23.6 Å². The number of benzene rings is 3. The van der Waals surface area contributed by atoms with Crippen LogP contribution in [-0.4, -0.2) is 130 Å². The van der Waals surface area contributed by atoms with Crippen molar-refractivity contribution in [2.45, 2.75) is 63.2 Å². The Morgan fingerprint density at radius 3 is 2.52 bits per heavy atom. The Kier molecular flexibility index (Phi) is 12.5. The summed E-state index contributed by atoms with van der Waals surface area (Å²) >= 11 is 0. The van der Waals surface area contributed by atoms with Crippen molar-refractivity contribution in [2.75, 3.05) is 63.1 Å². The average Bonchev–Trinajstić information content (AvgIpc) is 3.83. The number of fused-ring (bicyclic) bond motifs is 4. The van der Waals surface area contributed by atoms with E-state index in [1.54, 1.807) is 17.0 Å². The summed E-state index contributed by atoms with van der Waals surface area (Å²) in [6.45, 7) is 4.59. The van der Waals surface area contributed by atoms with E-state index in [2.05, 4.69) is 56.2 Å². The summed E-state index contributed by atoms with van der Waals surface area (Å²) in [6.07, 6.45) is 6.12. The Balaban J connectivity index is 0.726. The molecule has 1 aromatic heterocycles. The van der Waals surface area contributed by atoms with Crippen molar-refractivity contribution >= 4 is 46.8 Å². The van der Waals surface area contributed by atoms with Gasteiger partial charge in [-0.3, -0.25) is 53.8 Å². The number of imide groups is 2. The van der Waals surface area contributed by atoms with Gasteiger partial charge in [0.25, 0.3) is 11.8 Å². The molecule has 5 aliphatic heterocycles. The monoisotopic (exact) mass is 868 g/mol. The third-order valence-electron chi connectivity index (χ3n) is 13.1. The molecule has 0 bridgehead atoms. The standard InChI is InChI=1S/C48H52N8O8/c57-29-38-34-16-21-55(27-30-14-17-49-18-15-30)45(34)36-26-32(10-11-37(36)51-38)31-5-1-6-33(25-31)50-41(58)9-3-20-54-23-22-53(28-43(54)60)19-4-24-64-40-8-2-7-35-44(40)48(63)56(47(35)62)39-12-13-42(59)52-46(39)61/h1-2,5-8,10-11,14-15,17-18,25-26,34,38-39,45,51,57H,3-4,9,12-13,16,19-24,27-29H2,(H,50,58)(H,52,59,61)/t34-,38-,39?,45-/m1/s1. The lowest BCUT2D eigenvalue weighted by Crippen LogP contribution is -2.54. The quantitative estimate of drug-likeness (QED) is 0.0999. The molecule has 4 N–H and O–H groups in total. The zero-order chi connectivity index (χ0) is 44.3. The lowest BCUT2D eigenvalue weighted by atomic mass is 9.82. The molecule has 0 radical (unpaired) electrons. The highest BCUT2D eigenvalue weighted by molar-refractivity contribution is 6.24. The number of nitrogens with zero attached hydrogens (tertiary/aromatic N) is 5. The van der Waals surface area contributed by atoms with Crippen LogP contribution in [0.2, 0.25) is 0 Å². The summed E-state index contributed by atoms with van der Waals surface area (Å²) in [5, 5.41) is 19.1. The minimum Gasteiger partial charge on any atom is -0.493 e. The lowest BCUT2D eigenvalue weighted by molar-refractivity contribution is -0.137. The molecule has 0 spiro atoms. The van der Waals surface area contributed by atoms with Crippen LogP contribution < -0.4 is 20.7 Å². The lowest BCUT2D eigenvalue weighted by Gasteiger charge is -2.39. The van der Waals surface area contributed by atoms with Gasteiger partial charge in [0, 0.05) is 81.3 Å². The van der Waals surface area contributed by atoms with Gasteiger partial charge in [0.15, 0.2) is 0 Å². The van der Waals surface area contributed by atoms with E-state index in [-0.39, 0.29) is 85.7 Å². The average molecular weight is 869 g/mol. The minimum absolute atomic E-state index is 0.00431. The van der Waals surface area contributed by atoms with E-state index in [1.807, 2.05) is 41.6 Å². The van der Waals surface area contributed by atoms with E-state index in [0.29, 0.717) is 44.7 Å². The summed E-state index contributed by atoms with van der Waals surface area (Å²) in [4.78, 5) is 88.2. The van der Waals surface area contributed by atoms with Gasteiger partial charge < -0.3 is 25.4 Å². The highest BCUT2D eigenvalue weighted by Crippen LogP contribution is 2.48. The van der Waals surface area contributed by atoms with Crippen molar-refractivity contribution < 1.29 is 38.6 Å². The van der Waals surface area contributed by atoms with Crippen molar-refractivity contribution in [2.24, 2.45) is 5.92 Å². The number of aliphatic hydroxyl groups excluding tert-OH is 1. The highest BCUT2D eigenvalue weighted by Gasteiger charge is 2.46. The summed E-state index contributed by atoms with van der Waals surface area (Å²) in [5.41, 5.74) is 6.47. The maximum absolute atomic E-state index is 13.4. The molecule has 6 heterocycles. The zero-order valence-electron chi connectivity index (χ0n) is 35.5. The Labute approximate surface area is 370 Å². The van der Waals surface area contributed by atoms with Crippen LogP contribution >= 0.6 is 0 Å². The van der Waals surface area contributed by atoms with Crippen LogP contribution in [0.1, 0.15) is 76.4 Å². The summed E-state index contributed by atoms with van der Waals surface area (Å²) < 4.78 is 5.97. The molecule has 4 atom stereocenters. The van der Waals surface area contributed by atoms with Crippen LogP contribution in [0.25, 0.3) is 11.1 Å². The first-order valence-electron chi connectivity index (χ1n) is 22.2. The number of carbonyl (C=O) groups is 6. The minimum atomic E-state index is -1.06. The van der Waals surface area contributed by atoms with Crippen molar-refractivity contribution in [3.8, 4) is 16.9 Å². The molecule has 9 rings (SSSR count). The smallest absolute Gasteiger partial charge is 0.266 e. The molecular weight excluding hydrogens is 817 g/mol. The van der Waals surface area contributed by atoms with Crippen molar-refractivity contribution in [1.29, 1.82) is 0 Å². The van der Waals surface area contributed by atoms with Crippen LogP contribution in [0, 0.1) is 5.92 Å². The van der Waals surface area contributed by atoms with E-state index in [0.717, 1.165) is 41.2 Å². The van der Waals surface area contributed by atoms with E-state index in [1.165, 1.54) is 17.2 Å². The molecule has 332 valence electrons. The van der Waals surface area contributed by atoms with E-state index in [4.69, 9.17) is 4.74 Å². The number of aromatic nitrogens is 1. The molecule has 5 aliphatic rings. The molecular formula is C48H52N8O8. The number of rotatable bonds is 15. The number of hydrogen-bond donors (Lipinski definition) is 4. The number of nitrogens with one attached hydrogen (secondary N) is 3. The molecule has 16 nitrogen and oxygen atoms in total. The first kappa shape index (κ1) is 42.8. The van der Waals surface area contributed by atoms with Crippen molar-refractivity contribution in [1.82, 2.24) is 29.9 Å². The number of amides is 6. The van der Waals surface area contributed by atoms with E-state index >= 15 is 0 Å². The largest absolute Gasteiger partial charge is 0.493 e. The van der Waals surface area contributed by atoms with Gasteiger partial charge in [0.05, 0.1) is 36.9 Å². The molecule has 0 aliphatic carbocycles. The number of anilines is 2. The molecule has 3 saturated heterocycles. The molecule has 4 aromatic rings. The highest BCUT2D eigenvalue weighted by atomic mass is 16.5. The van der Waals surface area contributed by atoms with Crippen molar-refractivity contribution in [3.05, 3.63) is 107 Å². The van der Waals surface area contributed by atoms with Gasteiger partial charge in [-0.25, -0.2) is 0 Å². The SMILES string of the molecule is O=C1CCC(N2C(=O)c3cccc(OCCCN4CCN(CCCC(=O)Nc5cccc(-c6ccc7c(c6)[C@H]6[C@H](CCN6Cc6ccncc6)[C@@H](CO)N7)c5)C(=O)C4)c3C2=O)C(=O)N1. The van der Waals surface area contributed by atoms with Crippen LogP contribution in [0.3, 0.4) is 0 Å². The molecule has 64 heavy (non-hydrogen) atoms. The molecule has 0 saturated carbocycles.